The third-order valence-electron chi connectivity index (χ3n) is 2.68. The molecule has 0 aromatic heterocycles. The lowest BCUT2D eigenvalue weighted by molar-refractivity contribution is 0.112. The molecule has 0 unspecified atom stereocenters. The maximum absolute atomic E-state index is 11.0. The van der Waals surface area contributed by atoms with E-state index >= 15 is 0 Å². The van der Waals surface area contributed by atoms with Crippen molar-refractivity contribution >= 4 is 6.29 Å². The summed E-state index contributed by atoms with van der Waals surface area (Å²) in [6.45, 7) is 11.2. The molecule has 0 heterocycles. The maximum Gasteiger partial charge on any atom is 0.150 e. The third-order valence-corrected chi connectivity index (χ3v) is 2.68. The van der Waals surface area contributed by atoms with Gasteiger partial charge in [0.05, 0.1) is 0 Å². The van der Waals surface area contributed by atoms with Gasteiger partial charge in [-0.3, -0.25) is 4.79 Å². The first kappa shape index (κ1) is 13.2. The van der Waals surface area contributed by atoms with Crippen molar-refractivity contribution in [3.63, 3.8) is 0 Å². The summed E-state index contributed by atoms with van der Waals surface area (Å²) in [7, 11) is 0. The number of hydrogen-bond donors (Lipinski definition) is 0. The highest BCUT2D eigenvalue weighted by Crippen LogP contribution is 2.19. The van der Waals surface area contributed by atoms with Gasteiger partial charge in [0.1, 0.15) is 6.29 Å². The van der Waals surface area contributed by atoms with Crippen molar-refractivity contribution in [1.82, 2.24) is 0 Å². The second-order valence-electron chi connectivity index (χ2n) is 3.92. The molecule has 0 radical (unpaired) electrons. The Bertz CT molecular complexity index is 441. The van der Waals surface area contributed by atoms with Crippen LogP contribution >= 0.6 is 0 Å². The topological polar surface area (TPSA) is 17.1 Å². The van der Waals surface area contributed by atoms with E-state index in [0.717, 1.165) is 35.8 Å². The van der Waals surface area contributed by atoms with E-state index in [2.05, 4.69) is 25.8 Å². The predicted molar refractivity (Wildman–Crippen MR) is 73.5 cm³/mol. The number of hydrogen-bond acceptors (Lipinski definition) is 1. The van der Waals surface area contributed by atoms with Crippen LogP contribution in [-0.4, -0.2) is 6.29 Å². The SMILES string of the molecule is C=CCc1cc(CC=C)c(CC=C)cc1C=O. The number of aldehydes is 1. The largest absolute Gasteiger partial charge is 0.298 e. The summed E-state index contributed by atoms with van der Waals surface area (Å²) in [6, 6.07) is 4.03. The van der Waals surface area contributed by atoms with Crippen molar-refractivity contribution in [2.45, 2.75) is 19.3 Å². The molecule has 0 bridgehead atoms. The van der Waals surface area contributed by atoms with E-state index in [9.17, 15) is 4.79 Å². The van der Waals surface area contributed by atoms with Crippen molar-refractivity contribution in [2.75, 3.05) is 0 Å². The Labute approximate surface area is 103 Å². The molecule has 1 rings (SSSR count). The van der Waals surface area contributed by atoms with Crippen LogP contribution in [0.4, 0.5) is 0 Å². The third kappa shape index (κ3) is 3.28. The molecule has 1 nitrogen and oxygen atoms in total. The highest BCUT2D eigenvalue weighted by Gasteiger charge is 2.07. The van der Waals surface area contributed by atoms with Gasteiger partial charge in [-0.1, -0.05) is 24.3 Å². The van der Waals surface area contributed by atoms with Gasteiger partial charge in [-0.05, 0) is 42.0 Å². The molecule has 0 amide bonds. The predicted octanol–water partition coefficient (Wildman–Crippen LogP) is 3.68. The first-order valence-corrected chi connectivity index (χ1v) is 5.69. The van der Waals surface area contributed by atoms with Gasteiger partial charge in [0, 0.05) is 5.56 Å². The number of allylic oxidation sites excluding steroid dienone is 3. The van der Waals surface area contributed by atoms with E-state index in [1.165, 1.54) is 5.56 Å². The quantitative estimate of drug-likeness (QED) is 0.512. The van der Waals surface area contributed by atoms with E-state index in [4.69, 9.17) is 0 Å². The fourth-order valence-electron chi connectivity index (χ4n) is 1.89. The van der Waals surface area contributed by atoms with Crippen LogP contribution in [0.25, 0.3) is 0 Å². The molecule has 0 N–H and O–H groups in total. The monoisotopic (exact) mass is 226 g/mol. The zero-order chi connectivity index (χ0) is 12.7. The molecule has 1 heteroatoms. The highest BCUT2D eigenvalue weighted by molar-refractivity contribution is 5.78. The second kappa shape index (κ2) is 6.64. The molecule has 0 fully saturated rings. The van der Waals surface area contributed by atoms with Crippen molar-refractivity contribution in [3.8, 4) is 0 Å². The molecule has 0 saturated carbocycles. The fourth-order valence-corrected chi connectivity index (χ4v) is 1.89. The maximum atomic E-state index is 11.0. The molecule has 0 saturated heterocycles. The van der Waals surface area contributed by atoms with Crippen molar-refractivity contribution in [2.24, 2.45) is 0 Å². The Morgan fingerprint density at radius 2 is 1.29 bits per heavy atom. The Balaban J connectivity index is 3.28. The molecular formula is C16H18O. The van der Waals surface area contributed by atoms with E-state index in [0.29, 0.717) is 6.42 Å². The molecule has 0 aliphatic heterocycles. The van der Waals surface area contributed by atoms with E-state index < -0.39 is 0 Å². The van der Waals surface area contributed by atoms with Crippen molar-refractivity contribution in [3.05, 3.63) is 72.4 Å². The zero-order valence-corrected chi connectivity index (χ0v) is 10.1. The average molecular weight is 226 g/mol. The lowest BCUT2D eigenvalue weighted by Crippen LogP contribution is -1.99. The first-order chi connectivity index (χ1) is 8.26. The molecule has 88 valence electrons. The Morgan fingerprint density at radius 1 is 0.824 bits per heavy atom. The summed E-state index contributed by atoms with van der Waals surface area (Å²) in [5.74, 6) is 0. The van der Waals surface area contributed by atoms with Gasteiger partial charge in [0.15, 0.2) is 0 Å². The van der Waals surface area contributed by atoms with Crippen LogP contribution in [0.1, 0.15) is 27.0 Å². The van der Waals surface area contributed by atoms with Gasteiger partial charge in [-0.15, -0.1) is 19.7 Å². The van der Waals surface area contributed by atoms with Crippen LogP contribution in [0.15, 0.2) is 50.1 Å². The van der Waals surface area contributed by atoms with Crippen molar-refractivity contribution in [1.29, 1.82) is 0 Å². The van der Waals surface area contributed by atoms with Crippen LogP contribution in [-0.2, 0) is 19.3 Å². The Morgan fingerprint density at radius 3 is 1.76 bits per heavy atom. The minimum absolute atomic E-state index is 0.715. The molecule has 0 spiro atoms. The minimum atomic E-state index is 0.715. The van der Waals surface area contributed by atoms with Gasteiger partial charge < -0.3 is 0 Å². The summed E-state index contributed by atoms with van der Waals surface area (Å²) < 4.78 is 0. The molecule has 1 aromatic rings. The van der Waals surface area contributed by atoms with Crippen molar-refractivity contribution < 1.29 is 4.79 Å². The molecular weight excluding hydrogens is 208 g/mol. The van der Waals surface area contributed by atoms with Crippen LogP contribution in [0.3, 0.4) is 0 Å². The molecule has 0 aliphatic rings. The van der Waals surface area contributed by atoms with Crippen LogP contribution in [0.2, 0.25) is 0 Å². The van der Waals surface area contributed by atoms with Gasteiger partial charge in [-0.2, -0.15) is 0 Å². The zero-order valence-electron chi connectivity index (χ0n) is 10.1. The minimum Gasteiger partial charge on any atom is -0.298 e. The fraction of sp³-hybridized carbons (Fsp3) is 0.188. The second-order valence-corrected chi connectivity index (χ2v) is 3.92. The summed E-state index contributed by atoms with van der Waals surface area (Å²) in [4.78, 5) is 11.0. The highest BCUT2D eigenvalue weighted by atomic mass is 16.1. The summed E-state index contributed by atoms with van der Waals surface area (Å²) in [5.41, 5.74) is 4.13. The van der Waals surface area contributed by atoms with Gasteiger partial charge in [0.25, 0.3) is 0 Å². The smallest absolute Gasteiger partial charge is 0.150 e. The van der Waals surface area contributed by atoms with Gasteiger partial charge in [-0.25, -0.2) is 0 Å². The number of carbonyl (C=O) groups is 1. The van der Waals surface area contributed by atoms with E-state index in [1.54, 1.807) is 0 Å². The first-order valence-electron chi connectivity index (χ1n) is 5.69. The molecule has 0 aliphatic carbocycles. The Hall–Kier alpha value is -1.89. The van der Waals surface area contributed by atoms with Crippen LogP contribution < -0.4 is 0 Å². The summed E-state index contributed by atoms with van der Waals surface area (Å²) in [5, 5.41) is 0. The standard InChI is InChI=1S/C16H18O/c1-4-7-13-10-15(9-6-3)16(12-17)11-14(13)8-5-2/h4-6,10-12H,1-3,7-9H2. The molecule has 1 aromatic carbocycles. The lowest BCUT2D eigenvalue weighted by atomic mass is 9.94. The van der Waals surface area contributed by atoms with Gasteiger partial charge in [0.2, 0.25) is 0 Å². The average Bonchev–Trinajstić information content (AvgIpc) is 2.33. The van der Waals surface area contributed by atoms with Crippen LogP contribution in [0.5, 0.6) is 0 Å². The number of rotatable bonds is 7. The summed E-state index contributed by atoms with van der Waals surface area (Å²) >= 11 is 0. The van der Waals surface area contributed by atoms with E-state index in [1.807, 2.05) is 24.3 Å². The number of carbonyl (C=O) groups excluding carboxylic acids is 1. The number of benzene rings is 1. The molecule has 0 atom stereocenters. The Kier molecular flexibility index (Phi) is 5.15. The molecule has 17 heavy (non-hydrogen) atoms. The normalized spacial score (nSPS) is 9.65. The van der Waals surface area contributed by atoms with Crippen LogP contribution in [0, 0.1) is 0 Å². The van der Waals surface area contributed by atoms with Gasteiger partial charge >= 0.3 is 0 Å². The van der Waals surface area contributed by atoms with E-state index in [-0.39, 0.29) is 0 Å². The summed E-state index contributed by atoms with van der Waals surface area (Å²) in [6.07, 6.45) is 8.75. The lowest BCUT2D eigenvalue weighted by Gasteiger charge is -2.11.